The lowest BCUT2D eigenvalue weighted by Crippen LogP contribution is -2.17. The van der Waals surface area contributed by atoms with Gasteiger partial charge >= 0.3 is 0 Å². The van der Waals surface area contributed by atoms with E-state index in [0.29, 0.717) is 0 Å². The zero-order chi connectivity index (χ0) is 16.4. The van der Waals surface area contributed by atoms with Gasteiger partial charge in [-0.3, -0.25) is 4.90 Å². The Bertz CT molecular complexity index is 901. The summed E-state index contributed by atoms with van der Waals surface area (Å²) in [4.78, 5) is 2.39. The lowest BCUT2D eigenvalue weighted by molar-refractivity contribution is 0.321. The third kappa shape index (κ3) is 3.68. The molecule has 0 aliphatic rings. The van der Waals surface area contributed by atoms with E-state index in [-0.39, 0.29) is 12.4 Å². The van der Waals surface area contributed by atoms with E-state index < -0.39 is 0 Å². The number of halogens is 1. The van der Waals surface area contributed by atoms with Crippen LogP contribution in [0.25, 0.3) is 21.5 Å². The highest BCUT2D eigenvalue weighted by Gasteiger charge is 2.07. The fraction of sp³-hybridized carbons (Fsp3) is 0.130. The van der Waals surface area contributed by atoms with Crippen molar-refractivity contribution in [3.8, 4) is 0 Å². The van der Waals surface area contributed by atoms with Crippen LogP contribution in [-0.2, 0) is 13.1 Å². The molecule has 0 amide bonds. The van der Waals surface area contributed by atoms with Crippen LogP contribution in [0.3, 0.4) is 0 Å². The minimum atomic E-state index is 0. The Hall–Kier alpha value is -2.35. The van der Waals surface area contributed by atoms with Crippen molar-refractivity contribution in [3.63, 3.8) is 0 Å². The molecule has 0 unspecified atom stereocenters. The van der Waals surface area contributed by atoms with Crippen LogP contribution in [-0.4, -0.2) is 11.9 Å². The Balaban J connectivity index is 0.00000182. The standard InChI is InChI=1S/C23H21N.ClH/c1-24(16-20-12-6-10-18-8-2-4-14-22(18)20)17-21-13-7-11-19-9-3-5-15-23(19)21;/h2-15H,16-17H2,1H3;1H. The second kappa shape index (κ2) is 7.69. The van der Waals surface area contributed by atoms with Gasteiger partial charge in [-0.05, 0) is 39.7 Å². The van der Waals surface area contributed by atoms with Crippen molar-refractivity contribution in [2.45, 2.75) is 13.1 Å². The molecular formula is C23H22ClN. The monoisotopic (exact) mass is 347 g/mol. The van der Waals surface area contributed by atoms with Crippen LogP contribution in [0.2, 0.25) is 0 Å². The fourth-order valence-corrected chi connectivity index (χ4v) is 3.50. The number of hydrogen-bond acceptors (Lipinski definition) is 1. The quantitative estimate of drug-likeness (QED) is 0.434. The molecule has 1 nitrogen and oxygen atoms in total. The molecule has 0 aliphatic carbocycles. The molecule has 4 aromatic rings. The molecule has 0 saturated carbocycles. The average Bonchev–Trinajstić information content (AvgIpc) is 2.62. The summed E-state index contributed by atoms with van der Waals surface area (Å²) in [7, 11) is 2.20. The molecule has 2 heteroatoms. The lowest BCUT2D eigenvalue weighted by Gasteiger charge is -2.19. The highest BCUT2D eigenvalue weighted by molar-refractivity contribution is 5.86. The molecule has 0 aromatic heterocycles. The van der Waals surface area contributed by atoms with Crippen LogP contribution in [0.1, 0.15) is 11.1 Å². The summed E-state index contributed by atoms with van der Waals surface area (Å²) in [5, 5.41) is 5.33. The van der Waals surface area contributed by atoms with Gasteiger partial charge in [0, 0.05) is 13.1 Å². The Morgan fingerprint density at radius 2 is 0.960 bits per heavy atom. The summed E-state index contributed by atoms with van der Waals surface area (Å²) in [6.45, 7) is 1.90. The van der Waals surface area contributed by atoms with Crippen molar-refractivity contribution < 1.29 is 0 Å². The molecule has 0 atom stereocenters. The van der Waals surface area contributed by atoms with E-state index in [1.807, 2.05) is 0 Å². The molecule has 0 heterocycles. The van der Waals surface area contributed by atoms with Gasteiger partial charge in [0.2, 0.25) is 0 Å². The Morgan fingerprint density at radius 3 is 1.44 bits per heavy atom. The van der Waals surface area contributed by atoms with Crippen LogP contribution < -0.4 is 0 Å². The van der Waals surface area contributed by atoms with E-state index in [4.69, 9.17) is 0 Å². The topological polar surface area (TPSA) is 3.24 Å². The Kier molecular flexibility index (Phi) is 5.37. The van der Waals surface area contributed by atoms with Crippen LogP contribution >= 0.6 is 12.4 Å². The zero-order valence-corrected chi connectivity index (χ0v) is 15.2. The molecule has 0 saturated heterocycles. The Morgan fingerprint density at radius 1 is 0.560 bits per heavy atom. The highest BCUT2D eigenvalue weighted by atomic mass is 35.5. The van der Waals surface area contributed by atoms with Crippen molar-refractivity contribution in [1.82, 2.24) is 4.90 Å². The van der Waals surface area contributed by atoms with Gasteiger partial charge in [0.15, 0.2) is 0 Å². The normalized spacial score (nSPS) is 11.0. The van der Waals surface area contributed by atoms with Gasteiger partial charge in [0.25, 0.3) is 0 Å². The van der Waals surface area contributed by atoms with E-state index in [2.05, 4.69) is 96.9 Å². The van der Waals surface area contributed by atoms with Gasteiger partial charge in [-0.25, -0.2) is 0 Å². The van der Waals surface area contributed by atoms with Crippen molar-refractivity contribution in [1.29, 1.82) is 0 Å². The predicted molar refractivity (Wildman–Crippen MR) is 110 cm³/mol. The summed E-state index contributed by atoms with van der Waals surface area (Å²) in [6, 6.07) is 30.4. The van der Waals surface area contributed by atoms with Crippen molar-refractivity contribution in [3.05, 3.63) is 96.1 Å². The van der Waals surface area contributed by atoms with Gasteiger partial charge in [-0.2, -0.15) is 0 Å². The molecule has 0 radical (unpaired) electrons. The SMILES string of the molecule is CN(Cc1cccc2ccccc12)Cc1cccc2ccccc12.Cl. The van der Waals surface area contributed by atoms with Gasteiger partial charge in [-0.15, -0.1) is 12.4 Å². The highest BCUT2D eigenvalue weighted by Crippen LogP contribution is 2.22. The number of nitrogens with zero attached hydrogens (tertiary/aromatic N) is 1. The third-order valence-electron chi connectivity index (χ3n) is 4.64. The summed E-state index contributed by atoms with van der Waals surface area (Å²) >= 11 is 0. The molecule has 0 aliphatic heterocycles. The van der Waals surface area contributed by atoms with E-state index >= 15 is 0 Å². The van der Waals surface area contributed by atoms with Gasteiger partial charge in [-0.1, -0.05) is 84.9 Å². The van der Waals surface area contributed by atoms with Crippen LogP contribution in [0.4, 0.5) is 0 Å². The van der Waals surface area contributed by atoms with Crippen molar-refractivity contribution >= 4 is 34.0 Å². The van der Waals surface area contributed by atoms with E-state index in [0.717, 1.165) is 13.1 Å². The number of rotatable bonds is 4. The molecule has 0 fully saturated rings. The van der Waals surface area contributed by atoms with Gasteiger partial charge in [0.05, 0.1) is 0 Å². The number of benzene rings is 4. The molecule has 126 valence electrons. The second-order valence-corrected chi connectivity index (χ2v) is 6.45. The van der Waals surface area contributed by atoms with Crippen LogP contribution in [0, 0.1) is 0 Å². The minimum Gasteiger partial charge on any atom is -0.298 e. The maximum absolute atomic E-state index is 2.39. The van der Waals surface area contributed by atoms with Gasteiger partial charge in [0.1, 0.15) is 0 Å². The van der Waals surface area contributed by atoms with E-state index in [9.17, 15) is 0 Å². The first-order chi connectivity index (χ1) is 11.8. The first-order valence-corrected chi connectivity index (χ1v) is 8.43. The van der Waals surface area contributed by atoms with Crippen LogP contribution in [0.5, 0.6) is 0 Å². The molecular weight excluding hydrogens is 326 g/mol. The van der Waals surface area contributed by atoms with Crippen molar-refractivity contribution in [2.75, 3.05) is 7.05 Å². The predicted octanol–water partition coefficient (Wildman–Crippen LogP) is 6.05. The smallest absolute Gasteiger partial charge is 0.0240 e. The largest absolute Gasteiger partial charge is 0.298 e. The first kappa shape index (κ1) is 17.5. The fourth-order valence-electron chi connectivity index (χ4n) is 3.50. The maximum Gasteiger partial charge on any atom is 0.0240 e. The first-order valence-electron chi connectivity index (χ1n) is 8.43. The summed E-state index contributed by atoms with van der Waals surface area (Å²) in [5.41, 5.74) is 2.77. The zero-order valence-electron chi connectivity index (χ0n) is 14.4. The molecule has 0 N–H and O–H groups in total. The molecule has 25 heavy (non-hydrogen) atoms. The summed E-state index contributed by atoms with van der Waals surface area (Å²) < 4.78 is 0. The van der Waals surface area contributed by atoms with Gasteiger partial charge < -0.3 is 0 Å². The van der Waals surface area contributed by atoms with E-state index in [1.165, 1.54) is 32.7 Å². The third-order valence-corrected chi connectivity index (χ3v) is 4.64. The Labute approximate surface area is 155 Å². The second-order valence-electron chi connectivity index (χ2n) is 6.45. The molecule has 4 aromatic carbocycles. The van der Waals surface area contributed by atoms with E-state index in [1.54, 1.807) is 0 Å². The minimum absolute atomic E-state index is 0. The summed E-state index contributed by atoms with van der Waals surface area (Å²) in [6.07, 6.45) is 0. The number of fused-ring (bicyclic) bond motifs is 2. The summed E-state index contributed by atoms with van der Waals surface area (Å²) in [5.74, 6) is 0. The number of hydrogen-bond donors (Lipinski definition) is 0. The lowest BCUT2D eigenvalue weighted by atomic mass is 10.0. The van der Waals surface area contributed by atoms with Crippen molar-refractivity contribution in [2.24, 2.45) is 0 Å². The molecule has 0 bridgehead atoms. The van der Waals surface area contributed by atoms with Crippen LogP contribution in [0.15, 0.2) is 84.9 Å². The average molecular weight is 348 g/mol. The maximum atomic E-state index is 2.39. The molecule has 4 rings (SSSR count). The molecule has 0 spiro atoms.